The summed E-state index contributed by atoms with van der Waals surface area (Å²) in [6.07, 6.45) is 0. The molecule has 4 rings (SSSR count). The summed E-state index contributed by atoms with van der Waals surface area (Å²) in [7, 11) is 0. The molecule has 3 heterocycles. The van der Waals surface area contributed by atoms with E-state index in [1.54, 1.807) is 19.1 Å². The molecular formula is C28H34N4O4S2. The Labute approximate surface area is 231 Å². The molecule has 2 amide bonds. The van der Waals surface area contributed by atoms with Gasteiger partial charge in [0.15, 0.2) is 0 Å². The van der Waals surface area contributed by atoms with Gasteiger partial charge in [-0.1, -0.05) is 45.0 Å². The number of benzene rings is 1. The number of morpholine rings is 1. The van der Waals surface area contributed by atoms with Crippen molar-refractivity contribution in [3.05, 3.63) is 62.7 Å². The summed E-state index contributed by atoms with van der Waals surface area (Å²) in [5.41, 5.74) is 5.80. The number of hydrogen-bond acceptors (Lipinski definition) is 8. The molecule has 0 atom stereocenters. The van der Waals surface area contributed by atoms with E-state index in [-0.39, 0.29) is 17.1 Å². The summed E-state index contributed by atoms with van der Waals surface area (Å²) in [5, 5.41) is 19.8. The zero-order chi connectivity index (χ0) is 27.3. The highest BCUT2D eigenvalue weighted by Gasteiger charge is 2.18. The van der Waals surface area contributed by atoms with Gasteiger partial charge in [0.1, 0.15) is 5.75 Å². The van der Waals surface area contributed by atoms with Gasteiger partial charge in [-0.25, -0.2) is 5.43 Å². The smallest absolute Gasteiger partial charge is 0.281 e. The van der Waals surface area contributed by atoms with Gasteiger partial charge in [-0.15, -0.1) is 22.7 Å². The Kier molecular flexibility index (Phi) is 8.99. The Bertz CT molecular complexity index is 1300. The first-order valence-corrected chi connectivity index (χ1v) is 14.3. The predicted octanol–water partition coefficient (Wildman–Crippen LogP) is 4.70. The van der Waals surface area contributed by atoms with Gasteiger partial charge < -0.3 is 15.2 Å². The van der Waals surface area contributed by atoms with Gasteiger partial charge in [0.05, 0.1) is 39.1 Å². The van der Waals surface area contributed by atoms with Crippen LogP contribution >= 0.6 is 22.7 Å². The van der Waals surface area contributed by atoms with Crippen molar-refractivity contribution >= 4 is 40.2 Å². The highest BCUT2D eigenvalue weighted by atomic mass is 32.1. The summed E-state index contributed by atoms with van der Waals surface area (Å²) in [6.45, 7) is 12.7. The Hall–Kier alpha value is -3.05. The molecular weight excluding hydrogens is 520 g/mol. The molecule has 0 unspecified atom stereocenters. The first-order chi connectivity index (χ1) is 18.1. The van der Waals surface area contributed by atoms with Crippen LogP contribution in [0.25, 0.3) is 10.4 Å². The topological polar surface area (TPSA) is 103 Å². The lowest BCUT2D eigenvalue weighted by atomic mass is 9.86. The molecule has 1 aliphatic rings. The molecule has 1 aromatic carbocycles. The van der Waals surface area contributed by atoms with Crippen LogP contribution in [-0.4, -0.2) is 66.9 Å². The van der Waals surface area contributed by atoms with Crippen molar-refractivity contribution in [3.8, 4) is 16.2 Å². The number of rotatable bonds is 8. The van der Waals surface area contributed by atoms with Gasteiger partial charge in [0.2, 0.25) is 0 Å². The van der Waals surface area contributed by atoms with Crippen LogP contribution in [0.1, 0.15) is 58.2 Å². The zero-order valence-corrected chi connectivity index (χ0v) is 23.8. The van der Waals surface area contributed by atoms with Gasteiger partial charge in [0.25, 0.3) is 11.8 Å². The van der Waals surface area contributed by atoms with Crippen LogP contribution in [0.2, 0.25) is 0 Å². The van der Waals surface area contributed by atoms with E-state index in [2.05, 4.69) is 53.6 Å². The van der Waals surface area contributed by atoms with Gasteiger partial charge >= 0.3 is 0 Å². The van der Waals surface area contributed by atoms with Gasteiger partial charge in [-0.2, -0.15) is 5.10 Å². The molecule has 0 radical (unpaired) electrons. The number of hydrazone groups is 1. The molecule has 38 heavy (non-hydrogen) atoms. The normalized spacial score (nSPS) is 14.9. The van der Waals surface area contributed by atoms with Crippen LogP contribution in [0.4, 0.5) is 0 Å². The molecule has 1 saturated heterocycles. The molecule has 1 fully saturated rings. The summed E-state index contributed by atoms with van der Waals surface area (Å²) in [6, 6.07) is 11.4. The average Bonchev–Trinajstić information content (AvgIpc) is 3.55. The minimum absolute atomic E-state index is 0.0544. The molecule has 1 aliphatic heterocycles. The summed E-state index contributed by atoms with van der Waals surface area (Å²) >= 11 is 2.54. The van der Waals surface area contributed by atoms with Crippen LogP contribution in [0.5, 0.6) is 5.75 Å². The lowest BCUT2D eigenvalue weighted by Gasteiger charge is -2.26. The molecule has 0 aliphatic carbocycles. The number of carbonyl (C=O) groups excluding carboxylic acids is 2. The van der Waals surface area contributed by atoms with Crippen molar-refractivity contribution in [3.63, 3.8) is 0 Å². The number of hydrogen-bond donors (Lipinski definition) is 3. The third-order valence-corrected chi connectivity index (χ3v) is 8.46. The number of nitrogens with zero attached hydrogens (tertiary/aromatic N) is 2. The first kappa shape index (κ1) is 28.0. The van der Waals surface area contributed by atoms with Crippen molar-refractivity contribution in [2.75, 3.05) is 39.4 Å². The van der Waals surface area contributed by atoms with E-state index in [1.807, 2.05) is 17.5 Å². The third kappa shape index (κ3) is 6.87. The number of nitrogens with one attached hydrogen (secondary N) is 2. The predicted molar refractivity (Wildman–Crippen MR) is 154 cm³/mol. The monoisotopic (exact) mass is 554 g/mol. The highest BCUT2D eigenvalue weighted by molar-refractivity contribution is 7.16. The highest BCUT2D eigenvalue weighted by Crippen LogP contribution is 2.39. The van der Waals surface area contributed by atoms with Gasteiger partial charge in [-0.3, -0.25) is 14.5 Å². The van der Waals surface area contributed by atoms with Crippen molar-refractivity contribution < 1.29 is 19.4 Å². The third-order valence-electron chi connectivity index (χ3n) is 6.36. The largest absolute Gasteiger partial charge is 0.506 e. The second-order valence-electron chi connectivity index (χ2n) is 10.2. The van der Waals surface area contributed by atoms with Crippen LogP contribution in [-0.2, 0) is 10.2 Å². The van der Waals surface area contributed by atoms with E-state index >= 15 is 0 Å². The van der Waals surface area contributed by atoms with Crippen LogP contribution < -0.4 is 10.7 Å². The number of amides is 2. The fourth-order valence-electron chi connectivity index (χ4n) is 4.01. The Morgan fingerprint density at radius 1 is 1.05 bits per heavy atom. The van der Waals surface area contributed by atoms with Crippen molar-refractivity contribution in [2.45, 2.75) is 33.1 Å². The minimum Gasteiger partial charge on any atom is -0.506 e. The van der Waals surface area contributed by atoms with E-state index in [9.17, 15) is 14.7 Å². The number of ether oxygens (including phenoxy) is 1. The number of carbonyl (C=O) groups is 2. The molecule has 0 bridgehead atoms. The van der Waals surface area contributed by atoms with Gasteiger partial charge in [-0.05, 0) is 35.6 Å². The van der Waals surface area contributed by atoms with E-state index < -0.39 is 5.91 Å². The lowest BCUT2D eigenvalue weighted by molar-refractivity contribution is 0.0383. The molecule has 8 nitrogen and oxygen atoms in total. The summed E-state index contributed by atoms with van der Waals surface area (Å²) in [5.74, 6) is -0.469. The molecule has 3 N–H and O–H groups in total. The lowest BCUT2D eigenvalue weighted by Crippen LogP contribution is -2.41. The Morgan fingerprint density at radius 2 is 1.71 bits per heavy atom. The quantitative estimate of drug-likeness (QED) is 0.277. The summed E-state index contributed by atoms with van der Waals surface area (Å²) < 4.78 is 5.33. The molecule has 10 heteroatoms. The fourth-order valence-corrected chi connectivity index (χ4v) is 5.83. The van der Waals surface area contributed by atoms with Crippen LogP contribution in [0.3, 0.4) is 0 Å². The first-order valence-electron chi connectivity index (χ1n) is 12.6. The van der Waals surface area contributed by atoms with Crippen molar-refractivity contribution in [2.24, 2.45) is 5.10 Å². The van der Waals surface area contributed by atoms with Crippen molar-refractivity contribution in [1.29, 1.82) is 0 Å². The molecule has 0 saturated carbocycles. The Balaban J connectivity index is 1.33. The molecule has 2 aromatic heterocycles. The second kappa shape index (κ2) is 12.2. The maximum Gasteiger partial charge on any atom is 0.281 e. The Morgan fingerprint density at radius 3 is 2.37 bits per heavy atom. The number of aromatic hydroxyl groups is 1. The summed E-state index contributed by atoms with van der Waals surface area (Å²) in [4.78, 5) is 29.0. The van der Waals surface area contributed by atoms with E-state index in [0.717, 1.165) is 54.6 Å². The van der Waals surface area contributed by atoms with E-state index in [0.29, 0.717) is 27.6 Å². The maximum absolute atomic E-state index is 12.6. The average molecular weight is 555 g/mol. The van der Waals surface area contributed by atoms with Crippen molar-refractivity contribution in [1.82, 2.24) is 15.6 Å². The molecule has 202 valence electrons. The van der Waals surface area contributed by atoms with Gasteiger partial charge in [0, 0.05) is 31.6 Å². The number of thiophene rings is 2. The van der Waals surface area contributed by atoms with E-state index in [4.69, 9.17) is 4.74 Å². The minimum atomic E-state index is -0.408. The van der Waals surface area contributed by atoms with E-state index in [1.165, 1.54) is 16.9 Å². The standard InChI is InChI=1S/C28H34N4O4S2/c1-18(21-17-37-25(24(21)33)19-5-7-20(8-6-19)28(2,3)4)30-31-27(35)23-10-9-22(38-23)26(34)29-11-12-32-13-15-36-16-14-32/h5-10,17,33H,11-16H2,1-4H3,(H,29,34)(H,31,35)/b30-18+. The second-order valence-corrected chi connectivity index (χ2v) is 12.1. The van der Waals surface area contributed by atoms with Crippen LogP contribution in [0, 0.1) is 0 Å². The SMILES string of the molecule is C/C(=N\NC(=O)c1ccc(C(=O)NCCN2CCOCC2)s1)c1csc(-c2ccc(C(C)(C)C)cc2)c1O. The zero-order valence-electron chi connectivity index (χ0n) is 22.2. The molecule has 0 spiro atoms. The van der Waals surface area contributed by atoms with Crippen LogP contribution in [0.15, 0.2) is 46.9 Å². The molecule has 3 aromatic rings. The fraction of sp³-hybridized carbons (Fsp3) is 0.393. The maximum atomic E-state index is 12.6.